The molecular weight excluding hydrogens is 412 g/mol. The predicted molar refractivity (Wildman–Crippen MR) is 121 cm³/mol. The topological polar surface area (TPSA) is 72.5 Å². The molecule has 0 spiro atoms. The van der Waals surface area contributed by atoms with Crippen LogP contribution in [0.25, 0.3) is 6.08 Å². The fourth-order valence-corrected chi connectivity index (χ4v) is 3.48. The smallest absolute Gasteiger partial charge is 0.276 e. The Bertz CT molecular complexity index is 1110. The standard InChI is InChI=1S/C23H24N4O3S/c1-3-16-5-7-18(8-6-16)29-15-20-10-9-19(30-20)11-21-22(28)27(23(31)25-21)14-17-12-24-26(4-2)13-17/h5-13H,3-4,14-15H2,1-2H3,(H,25,31)/b21-11+. The number of hydrogen-bond acceptors (Lipinski definition) is 5. The second kappa shape index (κ2) is 9.18. The summed E-state index contributed by atoms with van der Waals surface area (Å²) < 4.78 is 13.4. The highest BCUT2D eigenvalue weighted by Gasteiger charge is 2.31. The van der Waals surface area contributed by atoms with Crippen molar-refractivity contribution in [2.45, 2.75) is 40.0 Å². The van der Waals surface area contributed by atoms with Crippen molar-refractivity contribution in [2.24, 2.45) is 0 Å². The first-order chi connectivity index (χ1) is 15.1. The minimum atomic E-state index is -0.195. The summed E-state index contributed by atoms with van der Waals surface area (Å²) in [4.78, 5) is 14.3. The van der Waals surface area contributed by atoms with Crippen LogP contribution in [0.15, 0.2) is 58.9 Å². The fraction of sp³-hybridized carbons (Fsp3) is 0.261. The van der Waals surface area contributed by atoms with E-state index in [1.54, 1.807) is 18.3 Å². The quantitative estimate of drug-likeness (QED) is 0.427. The Balaban J connectivity index is 1.38. The molecule has 0 aliphatic carbocycles. The van der Waals surface area contributed by atoms with E-state index in [2.05, 4.69) is 17.3 Å². The highest BCUT2D eigenvalue weighted by molar-refractivity contribution is 7.80. The zero-order chi connectivity index (χ0) is 21.8. The molecule has 0 saturated carbocycles. The van der Waals surface area contributed by atoms with Gasteiger partial charge in [0.25, 0.3) is 5.91 Å². The monoisotopic (exact) mass is 436 g/mol. The van der Waals surface area contributed by atoms with E-state index in [1.165, 1.54) is 10.5 Å². The van der Waals surface area contributed by atoms with Gasteiger partial charge in [-0.3, -0.25) is 14.4 Å². The lowest BCUT2D eigenvalue weighted by Gasteiger charge is -2.12. The van der Waals surface area contributed by atoms with Crippen molar-refractivity contribution in [3.63, 3.8) is 0 Å². The summed E-state index contributed by atoms with van der Waals surface area (Å²) in [5.74, 6) is 1.82. The Morgan fingerprint density at radius 3 is 2.68 bits per heavy atom. The van der Waals surface area contributed by atoms with Crippen LogP contribution in [-0.4, -0.2) is 25.7 Å². The third kappa shape index (κ3) is 4.86. The summed E-state index contributed by atoms with van der Waals surface area (Å²) in [7, 11) is 0. The minimum absolute atomic E-state index is 0.195. The zero-order valence-corrected chi connectivity index (χ0v) is 18.3. The molecule has 160 valence electrons. The summed E-state index contributed by atoms with van der Waals surface area (Å²) in [5, 5.41) is 7.58. The summed E-state index contributed by atoms with van der Waals surface area (Å²) >= 11 is 5.34. The molecule has 3 aromatic rings. The van der Waals surface area contributed by atoms with Crippen LogP contribution < -0.4 is 10.1 Å². The fourth-order valence-electron chi connectivity index (χ4n) is 3.23. The first-order valence-corrected chi connectivity index (χ1v) is 10.6. The Kier molecular flexibility index (Phi) is 6.18. The minimum Gasteiger partial charge on any atom is -0.486 e. The molecule has 8 heteroatoms. The summed E-state index contributed by atoms with van der Waals surface area (Å²) in [6, 6.07) is 11.6. The first-order valence-electron chi connectivity index (χ1n) is 10.2. The molecule has 1 amide bonds. The Labute approximate surface area is 186 Å². The number of aryl methyl sites for hydroxylation is 2. The van der Waals surface area contributed by atoms with Crippen LogP contribution in [0.3, 0.4) is 0 Å². The number of thiocarbonyl (C=S) groups is 1. The number of amides is 1. The van der Waals surface area contributed by atoms with Gasteiger partial charge in [0.1, 0.15) is 29.6 Å². The molecular formula is C23H24N4O3S. The maximum absolute atomic E-state index is 12.8. The van der Waals surface area contributed by atoms with Crippen molar-refractivity contribution < 1.29 is 13.9 Å². The number of carbonyl (C=O) groups is 1. The van der Waals surface area contributed by atoms with Gasteiger partial charge >= 0.3 is 0 Å². The van der Waals surface area contributed by atoms with Crippen LogP contribution in [0.1, 0.15) is 36.5 Å². The van der Waals surface area contributed by atoms with Crippen LogP contribution in [0.5, 0.6) is 5.75 Å². The van der Waals surface area contributed by atoms with Crippen molar-refractivity contribution in [3.05, 3.63) is 77.1 Å². The lowest BCUT2D eigenvalue weighted by Crippen LogP contribution is -2.29. The molecule has 1 N–H and O–H groups in total. The Morgan fingerprint density at radius 1 is 1.16 bits per heavy atom. The summed E-state index contributed by atoms with van der Waals surface area (Å²) in [5.41, 5.74) is 2.56. The normalized spacial score (nSPS) is 15.0. The molecule has 0 bridgehead atoms. The molecule has 0 radical (unpaired) electrons. The number of furan rings is 1. The van der Waals surface area contributed by atoms with E-state index in [4.69, 9.17) is 21.4 Å². The van der Waals surface area contributed by atoms with Crippen molar-refractivity contribution in [1.82, 2.24) is 20.0 Å². The van der Waals surface area contributed by atoms with Gasteiger partial charge in [0, 0.05) is 24.4 Å². The van der Waals surface area contributed by atoms with Gasteiger partial charge in [-0.25, -0.2) is 0 Å². The van der Waals surface area contributed by atoms with Gasteiger partial charge in [0.05, 0.1) is 12.7 Å². The van der Waals surface area contributed by atoms with Crippen LogP contribution in [0, 0.1) is 0 Å². The predicted octanol–water partition coefficient (Wildman–Crippen LogP) is 3.90. The molecule has 2 aromatic heterocycles. The Morgan fingerprint density at radius 2 is 1.97 bits per heavy atom. The van der Waals surface area contributed by atoms with E-state index in [0.717, 1.165) is 24.3 Å². The number of nitrogens with one attached hydrogen (secondary N) is 1. The number of rotatable bonds is 8. The average molecular weight is 437 g/mol. The number of aromatic nitrogens is 2. The molecule has 1 saturated heterocycles. The van der Waals surface area contributed by atoms with Gasteiger partial charge in [-0.15, -0.1) is 0 Å². The number of ether oxygens (including phenoxy) is 1. The lowest BCUT2D eigenvalue weighted by atomic mass is 10.2. The molecule has 3 heterocycles. The van der Waals surface area contributed by atoms with Gasteiger partial charge < -0.3 is 14.5 Å². The van der Waals surface area contributed by atoms with E-state index in [-0.39, 0.29) is 5.91 Å². The number of hydrogen-bond donors (Lipinski definition) is 1. The first kappa shape index (κ1) is 20.9. The largest absolute Gasteiger partial charge is 0.486 e. The molecule has 1 aliphatic heterocycles. The highest BCUT2D eigenvalue weighted by Crippen LogP contribution is 2.20. The number of benzene rings is 1. The van der Waals surface area contributed by atoms with Gasteiger partial charge in [-0.05, 0) is 55.4 Å². The van der Waals surface area contributed by atoms with Crippen molar-refractivity contribution in [1.29, 1.82) is 0 Å². The van der Waals surface area contributed by atoms with Crippen molar-refractivity contribution in [3.8, 4) is 5.75 Å². The van der Waals surface area contributed by atoms with Gasteiger partial charge in [-0.2, -0.15) is 5.10 Å². The van der Waals surface area contributed by atoms with Crippen molar-refractivity contribution >= 4 is 29.3 Å². The second-order valence-electron chi connectivity index (χ2n) is 7.17. The summed E-state index contributed by atoms with van der Waals surface area (Å²) in [6.07, 6.45) is 6.30. The number of carbonyl (C=O) groups excluding carboxylic acids is 1. The molecule has 1 aliphatic rings. The summed E-state index contributed by atoms with van der Waals surface area (Å²) in [6.45, 7) is 5.58. The molecule has 0 unspecified atom stereocenters. The Hall–Kier alpha value is -3.39. The van der Waals surface area contributed by atoms with E-state index in [1.807, 2.05) is 48.1 Å². The molecule has 31 heavy (non-hydrogen) atoms. The maximum atomic E-state index is 12.8. The zero-order valence-electron chi connectivity index (χ0n) is 17.5. The molecule has 1 fully saturated rings. The molecule has 1 aromatic carbocycles. The molecule has 4 rings (SSSR count). The van der Waals surface area contributed by atoms with Crippen LogP contribution in [0.4, 0.5) is 0 Å². The maximum Gasteiger partial charge on any atom is 0.276 e. The van der Waals surface area contributed by atoms with Crippen molar-refractivity contribution in [2.75, 3.05) is 0 Å². The van der Waals surface area contributed by atoms with Crippen LogP contribution in [-0.2, 0) is 30.9 Å². The van der Waals surface area contributed by atoms with Gasteiger partial charge in [0.15, 0.2) is 5.11 Å². The highest BCUT2D eigenvalue weighted by atomic mass is 32.1. The van der Waals surface area contributed by atoms with Gasteiger partial charge in [0.2, 0.25) is 0 Å². The van der Waals surface area contributed by atoms with E-state index >= 15 is 0 Å². The van der Waals surface area contributed by atoms with E-state index in [0.29, 0.717) is 35.5 Å². The van der Waals surface area contributed by atoms with Crippen LogP contribution >= 0.6 is 12.2 Å². The average Bonchev–Trinajstić information content (AvgIpc) is 3.49. The van der Waals surface area contributed by atoms with Gasteiger partial charge in [-0.1, -0.05) is 19.1 Å². The third-order valence-electron chi connectivity index (χ3n) is 5.00. The second-order valence-corrected chi connectivity index (χ2v) is 7.56. The van der Waals surface area contributed by atoms with E-state index in [9.17, 15) is 4.79 Å². The van der Waals surface area contributed by atoms with Crippen LogP contribution in [0.2, 0.25) is 0 Å². The third-order valence-corrected chi connectivity index (χ3v) is 5.32. The number of nitrogens with zero attached hydrogens (tertiary/aromatic N) is 3. The van der Waals surface area contributed by atoms with E-state index < -0.39 is 0 Å². The molecule has 0 atom stereocenters. The molecule has 7 nitrogen and oxygen atoms in total. The SMILES string of the molecule is CCc1ccc(OCc2ccc(/C=C3/NC(=S)N(Cc4cnn(CC)c4)C3=O)o2)cc1. The lowest BCUT2D eigenvalue weighted by molar-refractivity contribution is -0.122.